The molecule has 0 radical (unpaired) electrons. The SMILES string of the molecule is C#CCOc1ccc(/C=C(\C)C(=O)Nc2ccc(C(=O)NC(CC3(C)N=N3)C(=O)Nc3ccc(C(=O)Nc4ccc(C(=O)Nc5ccc(C(=O)O)c(O)c5OC)c(O)c4OC)cc3)cc2)cc1. The maximum Gasteiger partial charge on any atom is 0.339 e. The third-order valence-corrected chi connectivity index (χ3v) is 10.1. The Kier molecular flexibility index (Phi) is 14.5. The highest BCUT2D eigenvalue weighted by Gasteiger charge is 2.40. The Balaban J connectivity index is 1.06. The topological polar surface area (TPSA) is 276 Å². The molecule has 5 aromatic carbocycles. The molecule has 0 bridgehead atoms. The van der Waals surface area contributed by atoms with Crippen LogP contribution in [0.4, 0.5) is 22.7 Å². The predicted octanol–water partition coefficient (Wildman–Crippen LogP) is 6.68. The van der Waals surface area contributed by atoms with Crippen molar-refractivity contribution in [1.29, 1.82) is 0 Å². The van der Waals surface area contributed by atoms with Crippen LogP contribution in [0.3, 0.4) is 0 Å². The van der Waals surface area contributed by atoms with Gasteiger partial charge in [0.15, 0.2) is 28.7 Å². The van der Waals surface area contributed by atoms with Gasteiger partial charge in [-0.05, 0) is 110 Å². The molecule has 1 aliphatic rings. The van der Waals surface area contributed by atoms with Gasteiger partial charge < -0.3 is 56.1 Å². The Labute approximate surface area is 382 Å². The number of aromatic carboxylic acids is 1. The van der Waals surface area contributed by atoms with E-state index in [0.717, 1.165) is 11.6 Å². The van der Waals surface area contributed by atoms with Crippen molar-refractivity contribution in [1.82, 2.24) is 5.32 Å². The Morgan fingerprint density at radius 3 is 1.76 bits per heavy atom. The number of hydrogen-bond acceptors (Lipinski definition) is 13. The summed E-state index contributed by atoms with van der Waals surface area (Å²) >= 11 is 0. The molecule has 67 heavy (non-hydrogen) atoms. The van der Waals surface area contributed by atoms with E-state index in [4.69, 9.17) is 20.6 Å². The van der Waals surface area contributed by atoms with Crippen LogP contribution in [0.15, 0.2) is 113 Å². The number of carboxylic acid groups (broad SMARTS) is 1. The molecule has 5 aromatic rings. The molecule has 0 fully saturated rings. The van der Waals surface area contributed by atoms with E-state index >= 15 is 0 Å². The molecule has 1 atom stereocenters. The molecule has 1 heterocycles. The monoisotopic (exact) mass is 909 g/mol. The molecule has 19 heteroatoms. The minimum Gasteiger partial charge on any atom is -0.504 e. The molecule has 0 saturated heterocycles. The second-order valence-electron chi connectivity index (χ2n) is 14.9. The quantitative estimate of drug-likeness (QED) is 0.0338. The zero-order chi connectivity index (χ0) is 48.4. The van der Waals surface area contributed by atoms with Crippen molar-refractivity contribution in [3.05, 3.63) is 130 Å². The van der Waals surface area contributed by atoms with E-state index in [1.54, 1.807) is 56.3 Å². The van der Waals surface area contributed by atoms with Crippen molar-refractivity contribution in [3.8, 4) is 41.1 Å². The van der Waals surface area contributed by atoms with Crippen LogP contribution in [0.25, 0.3) is 6.08 Å². The number of nitrogens with zero attached hydrogens (tertiary/aromatic N) is 2. The largest absolute Gasteiger partial charge is 0.504 e. The number of carbonyl (C=O) groups is 6. The first-order valence-corrected chi connectivity index (χ1v) is 20.1. The van der Waals surface area contributed by atoms with Gasteiger partial charge in [-0.15, -0.1) is 6.42 Å². The number of nitrogens with one attached hydrogen (secondary N) is 5. The maximum atomic E-state index is 13.6. The molecule has 0 saturated carbocycles. The number of aromatic hydroxyl groups is 2. The molecule has 0 aromatic heterocycles. The highest BCUT2D eigenvalue weighted by Crippen LogP contribution is 2.41. The lowest BCUT2D eigenvalue weighted by atomic mass is 10.0. The molecule has 19 nitrogen and oxygen atoms in total. The Morgan fingerprint density at radius 1 is 0.701 bits per heavy atom. The molecule has 8 N–H and O–H groups in total. The molecule has 0 aliphatic carbocycles. The fourth-order valence-corrected chi connectivity index (χ4v) is 6.47. The zero-order valence-electron chi connectivity index (χ0n) is 36.3. The number of methoxy groups -OCH3 is 2. The van der Waals surface area contributed by atoms with E-state index < -0.39 is 58.4 Å². The van der Waals surface area contributed by atoms with Crippen LogP contribution in [0, 0.1) is 12.3 Å². The average Bonchev–Trinajstić information content (AvgIpc) is 4.04. The standard InChI is InChI=1S/C48H43N7O12/c1-6-23-67-32-17-7-27(8-18-32)24-26(2)42(58)49-30-13-9-29(10-14-30)44(60)53-37(25-48(3)54-55-48)46(62)50-31-15-11-28(12-16-31)43(59)51-35-21-19-33(38(56)40(35)65-4)45(61)52-36-22-20-34(47(63)64)39(57)41(36)66-5/h1,7-22,24,37,56-57H,23,25H2,2-5H3,(H,49,58)(H,50,62)(H,51,59)(H,52,61)(H,53,60)(H,63,64)/b26-24+. The zero-order valence-corrected chi connectivity index (χ0v) is 36.3. The number of rotatable bonds is 18. The van der Waals surface area contributed by atoms with E-state index in [9.17, 15) is 44.1 Å². The van der Waals surface area contributed by atoms with E-state index in [1.165, 1.54) is 68.8 Å². The summed E-state index contributed by atoms with van der Waals surface area (Å²) in [6.07, 6.45) is 6.99. The fourth-order valence-electron chi connectivity index (χ4n) is 6.47. The number of benzene rings is 5. The molecule has 5 amide bonds. The number of carboxylic acids is 1. The Bertz CT molecular complexity index is 2850. The van der Waals surface area contributed by atoms with E-state index in [-0.39, 0.29) is 58.5 Å². The predicted molar refractivity (Wildman–Crippen MR) is 246 cm³/mol. The van der Waals surface area contributed by atoms with Crippen molar-refractivity contribution in [2.45, 2.75) is 32.0 Å². The van der Waals surface area contributed by atoms with Gasteiger partial charge in [0.05, 0.1) is 31.2 Å². The Morgan fingerprint density at radius 2 is 1.22 bits per heavy atom. The van der Waals surface area contributed by atoms with Crippen LogP contribution in [-0.4, -0.2) is 83.4 Å². The first-order valence-electron chi connectivity index (χ1n) is 20.1. The first-order chi connectivity index (χ1) is 32.0. The van der Waals surface area contributed by atoms with Crippen LogP contribution in [-0.2, 0) is 9.59 Å². The number of ether oxygens (including phenoxy) is 3. The minimum atomic E-state index is -1.42. The van der Waals surface area contributed by atoms with Gasteiger partial charge in [0.1, 0.15) is 24.0 Å². The lowest BCUT2D eigenvalue weighted by molar-refractivity contribution is -0.118. The molecule has 0 spiro atoms. The van der Waals surface area contributed by atoms with Crippen LogP contribution >= 0.6 is 0 Å². The number of terminal acetylenes is 1. The summed E-state index contributed by atoms with van der Waals surface area (Å²) in [7, 11) is 2.37. The van der Waals surface area contributed by atoms with Crippen molar-refractivity contribution < 1.29 is 58.3 Å². The van der Waals surface area contributed by atoms with Crippen molar-refractivity contribution in [2.75, 3.05) is 42.1 Å². The van der Waals surface area contributed by atoms with Crippen LogP contribution in [0.5, 0.6) is 28.7 Å². The summed E-state index contributed by atoms with van der Waals surface area (Å²) in [5.41, 5.74) is 0.568. The van der Waals surface area contributed by atoms with Gasteiger partial charge in [-0.1, -0.05) is 18.1 Å². The van der Waals surface area contributed by atoms with Crippen LogP contribution < -0.4 is 40.8 Å². The first kappa shape index (κ1) is 47.3. The minimum absolute atomic E-state index is 0.00305. The van der Waals surface area contributed by atoms with Crippen molar-refractivity contribution >= 4 is 64.3 Å². The van der Waals surface area contributed by atoms with E-state index in [2.05, 4.69) is 42.7 Å². The van der Waals surface area contributed by atoms with E-state index in [1.807, 2.05) is 0 Å². The van der Waals surface area contributed by atoms with Crippen LogP contribution in [0.1, 0.15) is 67.3 Å². The number of anilines is 4. The van der Waals surface area contributed by atoms with Gasteiger partial charge >= 0.3 is 5.97 Å². The molecule has 6 rings (SSSR count). The summed E-state index contributed by atoms with van der Waals surface area (Å²) in [4.78, 5) is 77.7. The fraction of sp³-hybridized carbons (Fsp3) is 0.167. The van der Waals surface area contributed by atoms with Gasteiger partial charge in [0, 0.05) is 34.5 Å². The van der Waals surface area contributed by atoms with Crippen molar-refractivity contribution in [2.24, 2.45) is 10.2 Å². The van der Waals surface area contributed by atoms with Gasteiger partial charge in [0.2, 0.25) is 5.91 Å². The second kappa shape index (κ2) is 20.5. The lowest BCUT2D eigenvalue weighted by Gasteiger charge is -2.20. The van der Waals surface area contributed by atoms with Gasteiger partial charge in [-0.3, -0.25) is 24.0 Å². The molecular formula is C48H43N7O12. The summed E-state index contributed by atoms with van der Waals surface area (Å²) < 4.78 is 15.8. The van der Waals surface area contributed by atoms with Crippen molar-refractivity contribution in [3.63, 3.8) is 0 Å². The van der Waals surface area contributed by atoms with Gasteiger partial charge in [-0.25, -0.2) is 4.79 Å². The number of phenols is 2. The van der Waals surface area contributed by atoms with Crippen LogP contribution in [0.2, 0.25) is 0 Å². The third-order valence-electron chi connectivity index (χ3n) is 10.1. The smallest absolute Gasteiger partial charge is 0.339 e. The maximum absolute atomic E-state index is 13.6. The number of phenolic OH excluding ortho intramolecular Hbond substituents is 1. The summed E-state index contributed by atoms with van der Waals surface area (Å²) in [5, 5.41) is 51.9. The molecule has 1 aliphatic heterocycles. The molecular weight excluding hydrogens is 867 g/mol. The molecule has 342 valence electrons. The second-order valence-corrected chi connectivity index (χ2v) is 14.9. The highest BCUT2D eigenvalue weighted by molar-refractivity contribution is 6.11. The summed E-state index contributed by atoms with van der Waals surface area (Å²) in [6.45, 7) is 3.51. The third kappa shape index (κ3) is 11.7. The van der Waals surface area contributed by atoms with Gasteiger partial charge in [0.25, 0.3) is 23.6 Å². The lowest BCUT2D eigenvalue weighted by Crippen LogP contribution is -2.46. The number of amides is 5. The Hall–Kier alpha value is -9.18. The summed E-state index contributed by atoms with van der Waals surface area (Å²) in [6, 6.07) is 22.7. The highest BCUT2D eigenvalue weighted by atomic mass is 16.5. The van der Waals surface area contributed by atoms with Gasteiger partial charge in [-0.2, -0.15) is 10.2 Å². The molecule has 1 unspecified atom stereocenters. The number of hydrogen-bond donors (Lipinski definition) is 8. The summed E-state index contributed by atoms with van der Waals surface area (Å²) in [5.74, 6) is -3.39. The average molecular weight is 910 g/mol. The normalized spacial score (nSPS) is 12.6. The van der Waals surface area contributed by atoms with E-state index in [0.29, 0.717) is 22.7 Å². The number of carbonyl (C=O) groups excluding carboxylic acids is 5.